The van der Waals surface area contributed by atoms with Gasteiger partial charge in [0, 0.05) is 17.7 Å². The third-order valence-electron chi connectivity index (χ3n) is 4.85. The molecule has 1 fully saturated rings. The van der Waals surface area contributed by atoms with Crippen LogP contribution in [0.15, 0.2) is 39.5 Å². The molecular formula is C18H16N6O13. The minimum Gasteiger partial charge on any atom is -0.508 e. The van der Waals surface area contributed by atoms with Gasteiger partial charge in [-0.25, -0.2) is 30.3 Å². The van der Waals surface area contributed by atoms with E-state index in [1.54, 1.807) is 0 Å². The van der Waals surface area contributed by atoms with Crippen LogP contribution in [0.5, 0.6) is 28.7 Å². The van der Waals surface area contributed by atoms with Gasteiger partial charge in [-0.1, -0.05) is 15.0 Å². The Hall–Kier alpha value is -5.75. The van der Waals surface area contributed by atoms with Gasteiger partial charge >= 0.3 is 0 Å². The van der Waals surface area contributed by atoms with Gasteiger partial charge in [-0.05, 0) is 18.2 Å². The van der Waals surface area contributed by atoms with Crippen LogP contribution < -0.4 is 5.43 Å². The lowest BCUT2D eigenvalue weighted by molar-refractivity contribution is -0.775. The molecule has 1 aliphatic heterocycles. The highest BCUT2D eigenvalue weighted by molar-refractivity contribution is 5.88. The Bertz CT molecular complexity index is 1400. The van der Waals surface area contributed by atoms with E-state index in [9.17, 15) is 60.7 Å². The molecule has 1 saturated heterocycles. The summed E-state index contributed by atoms with van der Waals surface area (Å²) in [4.78, 5) is 43.1. The Morgan fingerprint density at radius 2 is 1.24 bits per heavy atom. The molecule has 1 aromatic heterocycles. The molecule has 0 atom stereocenters. The van der Waals surface area contributed by atoms with E-state index in [-0.39, 0.29) is 33.8 Å². The molecule has 4 rings (SSSR count). The van der Waals surface area contributed by atoms with E-state index in [1.807, 2.05) is 0 Å². The van der Waals surface area contributed by atoms with Crippen LogP contribution in [0.2, 0.25) is 0 Å². The molecule has 0 unspecified atom stereocenters. The number of benzene rings is 2. The highest BCUT2D eigenvalue weighted by Gasteiger charge is 2.39. The molecule has 2 aromatic carbocycles. The second-order valence-corrected chi connectivity index (χ2v) is 7.31. The number of rotatable bonds is 4. The standard InChI is InChI=1S/C15H10O7.C3H6N6O6/c16-7-4-10(19)12-11(5-7)22-15(14(21)13(12)20)6-1-2-8(17)9(18)3-6;10-7(11)4-1-5(8(12)13)3-6(2-4)9(14)15/h1-5,16-19,21H;1-3H2. The summed E-state index contributed by atoms with van der Waals surface area (Å²) in [6, 6.07) is 5.64. The van der Waals surface area contributed by atoms with Crippen LogP contribution >= 0.6 is 0 Å². The topological polar surface area (TPSA) is 270 Å². The number of phenolic OH excluding ortho intramolecular Hbond substituents is 4. The number of phenols is 4. The highest BCUT2D eigenvalue weighted by Crippen LogP contribution is 2.37. The summed E-state index contributed by atoms with van der Waals surface area (Å²) in [6.45, 7) is -1.78. The van der Waals surface area contributed by atoms with Gasteiger partial charge in [-0.2, -0.15) is 0 Å². The van der Waals surface area contributed by atoms with Gasteiger partial charge in [0.1, 0.15) is 22.5 Å². The fraction of sp³-hybridized carbons (Fsp3) is 0.167. The van der Waals surface area contributed by atoms with Crippen LogP contribution in [-0.2, 0) is 0 Å². The number of aromatic hydroxyl groups is 5. The number of fused-ring (bicyclic) bond motifs is 1. The van der Waals surface area contributed by atoms with Gasteiger partial charge in [-0.3, -0.25) is 4.79 Å². The fourth-order valence-corrected chi connectivity index (χ4v) is 3.14. The smallest absolute Gasteiger partial charge is 0.238 e. The third-order valence-corrected chi connectivity index (χ3v) is 4.85. The Balaban J connectivity index is 0.000000222. The zero-order chi connectivity index (χ0) is 27.6. The highest BCUT2D eigenvalue weighted by atomic mass is 16.7. The quantitative estimate of drug-likeness (QED) is 0.175. The van der Waals surface area contributed by atoms with Crippen molar-refractivity contribution in [2.75, 3.05) is 20.0 Å². The van der Waals surface area contributed by atoms with Crippen LogP contribution in [0, 0.1) is 30.3 Å². The number of nitro groups is 3. The summed E-state index contributed by atoms with van der Waals surface area (Å²) in [5.74, 6) is -2.71. The predicted octanol–water partition coefficient (Wildman–Crippen LogP) is 0.342. The average Bonchev–Trinajstić information content (AvgIpc) is 2.82. The summed E-state index contributed by atoms with van der Waals surface area (Å²) >= 11 is 0. The van der Waals surface area contributed by atoms with Gasteiger partial charge in [0.05, 0.1) is 0 Å². The molecule has 0 radical (unpaired) electrons. The van der Waals surface area contributed by atoms with E-state index >= 15 is 0 Å². The lowest BCUT2D eigenvalue weighted by Crippen LogP contribution is -2.59. The van der Waals surface area contributed by atoms with Crippen LogP contribution in [0.25, 0.3) is 22.3 Å². The van der Waals surface area contributed by atoms with Crippen LogP contribution in [0.1, 0.15) is 0 Å². The summed E-state index contributed by atoms with van der Waals surface area (Å²) in [6.07, 6.45) is 0. The lowest BCUT2D eigenvalue weighted by atomic mass is 10.1. The van der Waals surface area contributed by atoms with Gasteiger partial charge in [0.2, 0.25) is 31.2 Å². The normalized spacial score (nSPS) is 13.1. The van der Waals surface area contributed by atoms with Crippen LogP contribution in [-0.4, -0.2) is 75.7 Å². The summed E-state index contributed by atoms with van der Waals surface area (Å²) in [5, 5.41) is 76.9. The summed E-state index contributed by atoms with van der Waals surface area (Å²) in [5.41, 5.74) is -0.890. The largest absolute Gasteiger partial charge is 0.508 e. The maximum Gasteiger partial charge on any atom is 0.238 e. The van der Waals surface area contributed by atoms with E-state index in [1.165, 1.54) is 6.07 Å². The monoisotopic (exact) mass is 524 g/mol. The Labute approximate surface area is 202 Å². The molecule has 0 spiro atoms. The van der Waals surface area contributed by atoms with Gasteiger partial charge in [0.25, 0.3) is 0 Å². The van der Waals surface area contributed by atoms with Crippen molar-refractivity contribution in [1.82, 2.24) is 15.0 Å². The molecule has 2 heterocycles. The molecule has 0 bridgehead atoms. The third kappa shape index (κ3) is 5.34. The van der Waals surface area contributed by atoms with Crippen LogP contribution in [0.4, 0.5) is 0 Å². The van der Waals surface area contributed by atoms with Gasteiger partial charge in [-0.15, -0.1) is 0 Å². The van der Waals surface area contributed by atoms with Crippen molar-refractivity contribution in [3.63, 3.8) is 0 Å². The Kier molecular flexibility index (Phi) is 6.89. The van der Waals surface area contributed by atoms with Crippen molar-refractivity contribution >= 4 is 11.0 Å². The summed E-state index contributed by atoms with van der Waals surface area (Å²) in [7, 11) is 0. The molecule has 196 valence electrons. The molecule has 37 heavy (non-hydrogen) atoms. The average molecular weight is 524 g/mol. The molecular weight excluding hydrogens is 508 g/mol. The first-order valence-corrected chi connectivity index (χ1v) is 9.72. The zero-order valence-corrected chi connectivity index (χ0v) is 18.2. The molecule has 0 amide bonds. The predicted molar refractivity (Wildman–Crippen MR) is 117 cm³/mol. The Morgan fingerprint density at radius 3 is 1.70 bits per heavy atom. The van der Waals surface area contributed by atoms with Crippen molar-refractivity contribution in [2.45, 2.75) is 0 Å². The van der Waals surface area contributed by atoms with Gasteiger partial charge in [0.15, 0.2) is 32.4 Å². The van der Waals surface area contributed by atoms with Crippen molar-refractivity contribution < 1.29 is 45.0 Å². The molecule has 1 aliphatic rings. The molecule has 19 heteroatoms. The van der Waals surface area contributed by atoms with Crippen molar-refractivity contribution in [1.29, 1.82) is 0 Å². The Morgan fingerprint density at radius 1 is 0.730 bits per heavy atom. The van der Waals surface area contributed by atoms with E-state index in [4.69, 9.17) is 4.42 Å². The molecule has 3 aromatic rings. The van der Waals surface area contributed by atoms with E-state index in [0.717, 1.165) is 24.3 Å². The first kappa shape index (κ1) is 25.9. The number of hydrogen-bond donors (Lipinski definition) is 5. The first-order chi connectivity index (χ1) is 17.3. The van der Waals surface area contributed by atoms with E-state index in [2.05, 4.69) is 0 Å². The number of hydrogen-bond acceptors (Lipinski definition) is 13. The van der Waals surface area contributed by atoms with Crippen LogP contribution in [0.3, 0.4) is 0 Å². The van der Waals surface area contributed by atoms with E-state index in [0.29, 0.717) is 15.0 Å². The summed E-state index contributed by atoms with van der Waals surface area (Å²) < 4.78 is 5.35. The molecule has 5 N–H and O–H groups in total. The lowest BCUT2D eigenvalue weighted by Gasteiger charge is -2.27. The number of nitrogens with zero attached hydrogens (tertiary/aromatic N) is 6. The van der Waals surface area contributed by atoms with Crippen molar-refractivity contribution in [3.8, 4) is 40.1 Å². The minimum absolute atomic E-state index is 0.134. The minimum atomic E-state index is -0.924. The SMILES string of the molecule is O=[N+]([O-])N1CN([N+](=O)[O-])CN([N+](=O)[O-])C1.O=c1c(O)c(-c2ccc(O)c(O)c2)oc2cc(O)cc(O)c12. The van der Waals surface area contributed by atoms with E-state index < -0.39 is 57.8 Å². The molecule has 0 saturated carbocycles. The van der Waals surface area contributed by atoms with Crippen molar-refractivity contribution in [3.05, 3.63) is 70.9 Å². The maximum atomic E-state index is 12.1. The van der Waals surface area contributed by atoms with Crippen molar-refractivity contribution in [2.24, 2.45) is 0 Å². The maximum absolute atomic E-state index is 12.1. The number of hydrazine groups is 3. The molecule has 0 aliphatic carbocycles. The fourth-order valence-electron chi connectivity index (χ4n) is 3.14. The van der Waals surface area contributed by atoms with Gasteiger partial charge < -0.3 is 29.9 Å². The second-order valence-electron chi connectivity index (χ2n) is 7.31. The second kappa shape index (κ2) is 9.85. The molecule has 19 nitrogen and oxygen atoms in total. The first-order valence-electron chi connectivity index (χ1n) is 9.72. The zero-order valence-electron chi connectivity index (χ0n) is 18.2.